The smallest absolute Gasteiger partial charge is 0.302 e. The number of ketones is 1. The van der Waals surface area contributed by atoms with Crippen molar-refractivity contribution >= 4 is 11.8 Å². The van der Waals surface area contributed by atoms with Gasteiger partial charge in [0.05, 0.1) is 12.0 Å². The van der Waals surface area contributed by atoms with Gasteiger partial charge in [-0.1, -0.05) is 26.8 Å². The highest BCUT2D eigenvalue weighted by Gasteiger charge is 2.84. The summed E-state index contributed by atoms with van der Waals surface area (Å²) >= 11 is 0. The Morgan fingerprint density at radius 1 is 1.29 bits per heavy atom. The van der Waals surface area contributed by atoms with E-state index < -0.39 is 28.8 Å². The average Bonchev–Trinajstić information content (AvgIpc) is 2.78. The van der Waals surface area contributed by atoms with Gasteiger partial charge < -0.3 is 19.7 Å². The molecule has 6 aliphatic rings. The van der Waals surface area contributed by atoms with E-state index in [0.29, 0.717) is 18.4 Å². The summed E-state index contributed by atoms with van der Waals surface area (Å²) in [6.45, 7) is 9.93. The Bertz CT molecular complexity index is 788. The topological polar surface area (TPSA) is 93.1 Å². The van der Waals surface area contributed by atoms with Crippen LogP contribution in [0.4, 0.5) is 0 Å². The Balaban J connectivity index is 1.77. The van der Waals surface area contributed by atoms with Crippen molar-refractivity contribution in [2.75, 3.05) is 6.61 Å². The van der Waals surface area contributed by atoms with Gasteiger partial charge in [-0.25, -0.2) is 0 Å². The lowest BCUT2D eigenvalue weighted by Crippen LogP contribution is -2.83. The molecule has 6 fully saturated rings. The zero-order valence-corrected chi connectivity index (χ0v) is 16.9. The lowest BCUT2D eigenvalue weighted by atomic mass is 9.36. The average molecular weight is 390 g/mol. The maximum atomic E-state index is 13.6. The van der Waals surface area contributed by atoms with E-state index >= 15 is 0 Å². The summed E-state index contributed by atoms with van der Waals surface area (Å²) in [7, 11) is 0. The van der Waals surface area contributed by atoms with Crippen molar-refractivity contribution in [3.8, 4) is 0 Å². The van der Waals surface area contributed by atoms with Gasteiger partial charge in [0.15, 0.2) is 5.78 Å². The van der Waals surface area contributed by atoms with E-state index in [1.54, 1.807) is 0 Å². The van der Waals surface area contributed by atoms with Crippen molar-refractivity contribution in [3.63, 3.8) is 0 Å². The number of aliphatic hydroxyl groups excluding tert-OH is 1. The van der Waals surface area contributed by atoms with Crippen LogP contribution in [-0.2, 0) is 19.1 Å². The zero-order valence-electron chi connectivity index (χ0n) is 16.9. The lowest BCUT2D eigenvalue weighted by molar-refractivity contribution is -0.445. The van der Waals surface area contributed by atoms with Crippen molar-refractivity contribution in [1.29, 1.82) is 0 Å². The number of allylic oxidation sites excluding steroid dienone is 1. The maximum Gasteiger partial charge on any atom is 0.302 e. The van der Waals surface area contributed by atoms with Crippen LogP contribution >= 0.6 is 0 Å². The van der Waals surface area contributed by atoms with Crippen molar-refractivity contribution in [2.45, 2.75) is 70.9 Å². The molecular formula is C22H30O6. The fourth-order valence-corrected chi connectivity index (χ4v) is 8.28. The monoisotopic (exact) mass is 390 g/mol. The molecule has 2 aliphatic heterocycles. The first kappa shape index (κ1) is 18.8. The summed E-state index contributed by atoms with van der Waals surface area (Å²) in [6, 6.07) is 0. The molecule has 2 spiro atoms. The van der Waals surface area contributed by atoms with Crippen LogP contribution in [-0.4, -0.2) is 46.6 Å². The molecule has 0 unspecified atom stereocenters. The number of Topliss-reactive ketones (excluding diaryl/α,β-unsaturated/α-hetero) is 1. The van der Waals surface area contributed by atoms with Crippen LogP contribution in [0.25, 0.3) is 0 Å². The third-order valence-corrected chi connectivity index (χ3v) is 8.96. The van der Waals surface area contributed by atoms with E-state index in [4.69, 9.17) is 9.47 Å². The zero-order chi connectivity index (χ0) is 20.3. The van der Waals surface area contributed by atoms with E-state index in [2.05, 4.69) is 20.4 Å². The summed E-state index contributed by atoms with van der Waals surface area (Å²) < 4.78 is 11.8. The molecule has 8 atom stereocenters. The molecule has 4 bridgehead atoms. The minimum Gasteiger partial charge on any atom is -0.462 e. The number of ether oxygens (including phenoxy) is 2. The molecule has 2 N–H and O–H groups in total. The summed E-state index contributed by atoms with van der Waals surface area (Å²) in [5, 5.41) is 23.2. The second-order valence-corrected chi connectivity index (χ2v) is 10.6. The minimum absolute atomic E-state index is 0.154. The van der Waals surface area contributed by atoms with Gasteiger partial charge in [-0.15, -0.1) is 0 Å². The normalized spacial score (nSPS) is 53.5. The number of rotatable bonds is 1. The Kier molecular flexibility index (Phi) is 3.53. The van der Waals surface area contributed by atoms with Gasteiger partial charge in [0, 0.05) is 24.2 Å². The van der Waals surface area contributed by atoms with Crippen LogP contribution in [0, 0.1) is 34.0 Å². The molecule has 6 rings (SSSR count). The summed E-state index contributed by atoms with van der Waals surface area (Å²) in [5.41, 5.74) is -1.53. The highest BCUT2D eigenvalue weighted by atomic mass is 16.6. The predicted molar refractivity (Wildman–Crippen MR) is 98.8 cm³/mol. The van der Waals surface area contributed by atoms with E-state index in [-0.39, 0.29) is 41.5 Å². The molecule has 0 amide bonds. The van der Waals surface area contributed by atoms with Crippen LogP contribution in [0.15, 0.2) is 12.2 Å². The first-order valence-electron chi connectivity index (χ1n) is 10.5. The first-order chi connectivity index (χ1) is 13.0. The molecule has 0 aromatic rings. The predicted octanol–water partition coefficient (Wildman–Crippen LogP) is 1.98. The maximum absolute atomic E-state index is 13.6. The van der Waals surface area contributed by atoms with Crippen molar-refractivity contribution in [2.24, 2.45) is 34.0 Å². The van der Waals surface area contributed by atoms with Gasteiger partial charge in [-0.05, 0) is 42.6 Å². The third kappa shape index (κ3) is 1.81. The number of hydrogen-bond donors (Lipinski definition) is 2. The summed E-state index contributed by atoms with van der Waals surface area (Å²) in [5.74, 6) is -3.29. The Morgan fingerprint density at radius 3 is 2.68 bits per heavy atom. The highest BCUT2D eigenvalue weighted by molar-refractivity contribution is 6.04. The van der Waals surface area contributed by atoms with E-state index in [1.807, 2.05) is 0 Å². The molecule has 4 saturated carbocycles. The number of fused-ring (bicyclic) bond motifs is 2. The van der Waals surface area contributed by atoms with Gasteiger partial charge in [-0.2, -0.15) is 0 Å². The Morgan fingerprint density at radius 2 is 2.00 bits per heavy atom. The third-order valence-electron chi connectivity index (χ3n) is 8.96. The standard InChI is InChI=1S/C22H30O6/c1-11-13-8-14(28-12(2)23)15-20-7-5-6-19(3,4)16(20)18(25)22(26,27-10-20)21(15,9-13)17(11)24/h13-16,18,25-26H,1,5-10H2,2-4H3/t13-,14+,15-,16+,18-,20+,21-,22-/m0/s1. The van der Waals surface area contributed by atoms with E-state index in [0.717, 1.165) is 19.3 Å². The van der Waals surface area contributed by atoms with Gasteiger partial charge in [-0.3, -0.25) is 9.59 Å². The van der Waals surface area contributed by atoms with Crippen LogP contribution in [0.3, 0.4) is 0 Å². The molecule has 154 valence electrons. The summed E-state index contributed by atoms with van der Waals surface area (Å²) in [4.78, 5) is 25.5. The van der Waals surface area contributed by atoms with E-state index in [1.165, 1.54) is 6.92 Å². The fraction of sp³-hybridized carbons (Fsp3) is 0.818. The number of hydrogen-bond acceptors (Lipinski definition) is 6. The molecule has 0 aromatic carbocycles. The minimum atomic E-state index is -1.97. The fourth-order valence-electron chi connectivity index (χ4n) is 8.28. The highest BCUT2D eigenvalue weighted by Crippen LogP contribution is 2.76. The number of esters is 1. The number of carbonyl (C=O) groups is 2. The second kappa shape index (κ2) is 5.27. The van der Waals surface area contributed by atoms with Crippen molar-refractivity contribution < 1.29 is 29.3 Å². The van der Waals surface area contributed by atoms with Crippen LogP contribution in [0.2, 0.25) is 0 Å². The lowest BCUT2D eigenvalue weighted by Gasteiger charge is -2.73. The molecule has 6 nitrogen and oxygen atoms in total. The Hall–Kier alpha value is -1.24. The van der Waals surface area contributed by atoms with Crippen LogP contribution in [0.1, 0.15) is 52.9 Å². The largest absolute Gasteiger partial charge is 0.462 e. The van der Waals surface area contributed by atoms with E-state index in [9.17, 15) is 19.8 Å². The van der Waals surface area contributed by atoms with Gasteiger partial charge in [0.25, 0.3) is 0 Å². The molecule has 6 heteroatoms. The van der Waals surface area contributed by atoms with Crippen LogP contribution in [0.5, 0.6) is 0 Å². The van der Waals surface area contributed by atoms with Gasteiger partial charge in [0.2, 0.25) is 5.79 Å². The quantitative estimate of drug-likeness (QED) is 0.525. The molecule has 2 heterocycles. The van der Waals surface area contributed by atoms with Gasteiger partial charge in [0.1, 0.15) is 12.2 Å². The number of aliphatic hydroxyl groups is 2. The Labute approximate surface area is 165 Å². The van der Waals surface area contributed by atoms with Crippen molar-refractivity contribution in [3.05, 3.63) is 12.2 Å². The SMILES string of the molecule is C=C1C(=O)[C@]23C[C@@H]1C[C@@H](OC(C)=O)[C@H]2[C@]12CCCC(C)(C)[C@H]1[C@H](O)[C@]3(O)OC2. The second-order valence-electron chi connectivity index (χ2n) is 10.6. The number of carbonyl (C=O) groups excluding carboxylic acids is 2. The first-order valence-corrected chi connectivity index (χ1v) is 10.5. The molecule has 4 aliphatic carbocycles. The van der Waals surface area contributed by atoms with Crippen LogP contribution < -0.4 is 0 Å². The molecule has 0 aromatic heterocycles. The molecule has 2 saturated heterocycles. The summed E-state index contributed by atoms with van der Waals surface area (Å²) in [6.07, 6.45) is 2.03. The van der Waals surface area contributed by atoms with Crippen molar-refractivity contribution in [1.82, 2.24) is 0 Å². The molecule has 28 heavy (non-hydrogen) atoms. The molecule has 0 radical (unpaired) electrons. The van der Waals surface area contributed by atoms with Gasteiger partial charge >= 0.3 is 5.97 Å². The molecular weight excluding hydrogens is 360 g/mol.